The zero-order valence-electron chi connectivity index (χ0n) is 16.2. The van der Waals surface area contributed by atoms with Gasteiger partial charge in [0.2, 0.25) is 0 Å². The Balaban J connectivity index is 1.59. The lowest BCUT2D eigenvalue weighted by atomic mass is 10.1. The second-order valence-corrected chi connectivity index (χ2v) is 8.01. The van der Waals surface area contributed by atoms with Crippen molar-refractivity contribution in [3.63, 3.8) is 0 Å². The second-order valence-electron chi connectivity index (χ2n) is 7.10. The van der Waals surface area contributed by atoms with Gasteiger partial charge in [-0.05, 0) is 55.8 Å². The Morgan fingerprint density at radius 3 is 2.52 bits per heavy atom. The van der Waals surface area contributed by atoms with Crippen molar-refractivity contribution in [2.24, 2.45) is 0 Å². The van der Waals surface area contributed by atoms with Crippen LogP contribution in [-0.4, -0.2) is 40.3 Å². The largest absolute Gasteiger partial charge is 0.370 e. The van der Waals surface area contributed by atoms with Gasteiger partial charge in [0.25, 0.3) is 5.91 Å². The Morgan fingerprint density at radius 1 is 1.14 bits per heavy atom. The van der Waals surface area contributed by atoms with Crippen molar-refractivity contribution in [1.82, 2.24) is 14.7 Å². The molecule has 29 heavy (non-hydrogen) atoms. The monoisotopic (exact) mass is 457 g/mol. The fraction of sp³-hybridized carbons (Fsp3) is 0.273. The van der Waals surface area contributed by atoms with Crippen LogP contribution in [0.1, 0.15) is 33.4 Å². The van der Waals surface area contributed by atoms with Crippen molar-refractivity contribution in [2.45, 2.75) is 20.0 Å². The smallest absolute Gasteiger partial charge is 0.257 e. The van der Waals surface area contributed by atoms with Crippen LogP contribution < -0.4 is 0 Å². The Morgan fingerprint density at radius 2 is 1.83 bits per heavy atom. The van der Waals surface area contributed by atoms with Gasteiger partial charge in [-0.15, -0.1) is 0 Å². The highest BCUT2D eigenvalue weighted by Crippen LogP contribution is 2.26. The number of aromatic nitrogens is 2. The van der Waals surface area contributed by atoms with Crippen LogP contribution in [0.4, 0.5) is 4.39 Å². The van der Waals surface area contributed by atoms with Crippen molar-refractivity contribution >= 4 is 21.8 Å². The molecule has 0 N–H and O–H groups in total. The maximum absolute atomic E-state index is 13.3. The number of carbonyl (C=O) groups excluding carboxylic acids is 1. The lowest BCUT2D eigenvalue weighted by molar-refractivity contribution is -0.0229. The molecule has 0 saturated carbocycles. The highest BCUT2D eigenvalue weighted by Gasteiger charge is 2.29. The number of hydrogen-bond donors (Lipinski definition) is 0. The molecule has 7 heteroatoms. The van der Waals surface area contributed by atoms with Crippen LogP contribution >= 0.6 is 15.9 Å². The van der Waals surface area contributed by atoms with E-state index in [2.05, 4.69) is 21.0 Å². The van der Waals surface area contributed by atoms with E-state index in [4.69, 9.17) is 4.74 Å². The topological polar surface area (TPSA) is 47.4 Å². The number of morpholine rings is 1. The first-order chi connectivity index (χ1) is 13.9. The summed E-state index contributed by atoms with van der Waals surface area (Å²) in [5, 5.41) is 4.59. The molecule has 0 bridgehead atoms. The van der Waals surface area contributed by atoms with E-state index in [0.29, 0.717) is 31.0 Å². The Kier molecular flexibility index (Phi) is 5.52. The van der Waals surface area contributed by atoms with Gasteiger partial charge in [-0.3, -0.25) is 4.79 Å². The zero-order chi connectivity index (χ0) is 20.5. The number of nitrogens with zero attached hydrogens (tertiary/aromatic N) is 3. The van der Waals surface area contributed by atoms with Crippen LogP contribution in [0.5, 0.6) is 0 Å². The molecule has 1 atom stereocenters. The van der Waals surface area contributed by atoms with Crippen LogP contribution in [-0.2, 0) is 4.74 Å². The predicted molar refractivity (Wildman–Crippen MR) is 112 cm³/mol. The third-order valence-electron chi connectivity index (χ3n) is 5.17. The van der Waals surface area contributed by atoms with Gasteiger partial charge in [0.15, 0.2) is 0 Å². The summed E-state index contributed by atoms with van der Waals surface area (Å²) in [6, 6.07) is 14.0. The van der Waals surface area contributed by atoms with Crippen molar-refractivity contribution in [3.8, 4) is 5.69 Å². The molecular formula is C22H21BrFN3O2. The standard InChI is InChI=1S/C22H21BrFN3O2/c1-14-21(15(2)27(25-14)19-9-5-17(23)6-10-19)22(28)26-11-12-29-20(13-26)16-3-7-18(24)8-4-16/h3-10,20H,11-13H2,1-2H3. The fourth-order valence-corrected chi connectivity index (χ4v) is 3.92. The number of halogens is 2. The molecule has 1 amide bonds. The van der Waals surface area contributed by atoms with Gasteiger partial charge in [0, 0.05) is 11.0 Å². The van der Waals surface area contributed by atoms with Crippen molar-refractivity contribution < 1.29 is 13.9 Å². The molecule has 1 aliphatic heterocycles. The molecule has 150 valence electrons. The zero-order valence-corrected chi connectivity index (χ0v) is 17.8. The quantitative estimate of drug-likeness (QED) is 0.576. The minimum absolute atomic E-state index is 0.0567. The van der Waals surface area contributed by atoms with Gasteiger partial charge >= 0.3 is 0 Å². The molecular weight excluding hydrogens is 437 g/mol. The van der Waals surface area contributed by atoms with Crippen molar-refractivity contribution in [1.29, 1.82) is 0 Å². The second kappa shape index (κ2) is 8.08. The first-order valence-corrected chi connectivity index (χ1v) is 10.2. The first kappa shape index (κ1) is 19.8. The maximum atomic E-state index is 13.3. The Bertz CT molecular complexity index is 1030. The van der Waals surface area contributed by atoms with Crippen LogP contribution in [0, 0.1) is 19.7 Å². The summed E-state index contributed by atoms with van der Waals surface area (Å²) in [5.74, 6) is -0.345. The first-order valence-electron chi connectivity index (χ1n) is 9.42. The van der Waals surface area contributed by atoms with E-state index in [1.807, 2.05) is 38.1 Å². The molecule has 1 aromatic heterocycles. The third kappa shape index (κ3) is 3.97. The maximum Gasteiger partial charge on any atom is 0.257 e. The molecule has 1 saturated heterocycles. The van der Waals surface area contributed by atoms with E-state index in [9.17, 15) is 9.18 Å². The van der Waals surface area contributed by atoms with Crippen molar-refractivity contribution in [3.05, 3.63) is 81.3 Å². The van der Waals surface area contributed by atoms with E-state index in [0.717, 1.165) is 21.4 Å². The highest BCUT2D eigenvalue weighted by atomic mass is 79.9. The van der Waals surface area contributed by atoms with Gasteiger partial charge in [0.1, 0.15) is 11.9 Å². The minimum atomic E-state index is -0.288. The minimum Gasteiger partial charge on any atom is -0.370 e. The number of hydrogen-bond acceptors (Lipinski definition) is 3. The number of aryl methyl sites for hydroxylation is 1. The molecule has 5 nitrogen and oxygen atoms in total. The lowest BCUT2D eigenvalue weighted by Gasteiger charge is -2.33. The average Bonchev–Trinajstić information content (AvgIpc) is 3.03. The van der Waals surface area contributed by atoms with Gasteiger partial charge in [-0.1, -0.05) is 28.1 Å². The van der Waals surface area contributed by atoms with E-state index < -0.39 is 0 Å². The number of benzene rings is 2. The molecule has 1 unspecified atom stereocenters. The Hall–Kier alpha value is -2.51. The van der Waals surface area contributed by atoms with Crippen LogP contribution in [0.25, 0.3) is 5.69 Å². The number of ether oxygens (including phenoxy) is 1. The van der Waals surface area contributed by atoms with Crippen LogP contribution in [0.15, 0.2) is 53.0 Å². The van der Waals surface area contributed by atoms with Gasteiger partial charge in [-0.2, -0.15) is 5.10 Å². The molecule has 2 heterocycles. The lowest BCUT2D eigenvalue weighted by Crippen LogP contribution is -2.42. The summed E-state index contributed by atoms with van der Waals surface area (Å²) in [6.45, 7) is 5.14. The van der Waals surface area contributed by atoms with Crippen LogP contribution in [0.3, 0.4) is 0 Å². The number of carbonyl (C=O) groups is 1. The fourth-order valence-electron chi connectivity index (χ4n) is 3.66. The predicted octanol–water partition coefficient (Wildman–Crippen LogP) is 4.60. The number of rotatable bonds is 3. The summed E-state index contributed by atoms with van der Waals surface area (Å²) < 4.78 is 21.8. The van der Waals surface area contributed by atoms with E-state index in [1.54, 1.807) is 21.7 Å². The summed E-state index contributed by atoms with van der Waals surface area (Å²) in [6.07, 6.45) is -0.268. The van der Waals surface area contributed by atoms with Gasteiger partial charge < -0.3 is 9.64 Å². The third-order valence-corrected chi connectivity index (χ3v) is 5.70. The molecule has 0 aliphatic carbocycles. The van der Waals surface area contributed by atoms with Gasteiger partial charge in [0.05, 0.1) is 35.8 Å². The summed E-state index contributed by atoms with van der Waals surface area (Å²) in [5.41, 5.74) is 3.88. The Labute approximate surface area is 177 Å². The number of amides is 1. The molecule has 0 radical (unpaired) electrons. The van der Waals surface area contributed by atoms with E-state index >= 15 is 0 Å². The van der Waals surface area contributed by atoms with E-state index in [1.165, 1.54) is 12.1 Å². The highest BCUT2D eigenvalue weighted by molar-refractivity contribution is 9.10. The van der Waals surface area contributed by atoms with Gasteiger partial charge in [-0.25, -0.2) is 9.07 Å². The SMILES string of the molecule is Cc1nn(-c2ccc(Br)cc2)c(C)c1C(=O)N1CCOC(c2ccc(F)cc2)C1. The summed E-state index contributed by atoms with van der Waals surface area (Å²) in [4.78, 5) is 15.1. The molecule has 0 spiro atoms. The van der Waals surface area contributed by atoms with Crippen LogP contribution in [0.2, 0.25) is 0 Å². The van der Waals surface area contributed by atoms with E-state index in [-0.39, 0.29) is 17.8 Å². The van der Waals surface area contributed by atoms with Crippen molar-refractivity contribution in [2.75, 3.05) is 19.7 Å². The summed E-state index contributed by atoms with van der Waals surface area (Å²) >= 11 is 3.44. The summed E-state index contributed by atoms with van der Waals surface area (Å²) in [7, 11) is 0. The normalized spacial score (nSPS) is 16.8. The molecule has 3 aromatic rings. The molecule has 4 rings (SSSR count). The molecule has 1 fully saturated rings. The molecule has 2 aromatic carbocycles. The molecule has 1 aliphatic rings. The average molecular weight is 458 g/mol.